The summed E-state index contributed by atoms with van der Waals surface area (Å²) in [6, 6.07) is 6.33. The summed E-state index contributed by atoms with van der Waals surface area (Å²) in [4.78, 5) is 25.6. The molecule has 0 atom stereocenters. The number of amides is 3. The first-order chi connectivity index (χ1) is 12.5. The quantitative estimate of drug-likeness (QED) is 0.611. The van der Waals surface area contributed by atoms with E-state index in [0.29, 0.717) is 27.7 Å². The van der Waals surface area contributed by atoms with Crippen molar-refractivity contribution < 1.29 is 9.59 Å². The summed E-state index contributed by atoms with van der Waals surface area (Å²) in [7, 11) is 0. The van der Waals surface area contributed by atoms with Crippen LogP contribution in [0.25, 0.3) is 0 Å². The highest BCUT2D eigenvalue weighted by atomic mass is 35.5. The van der Waals surface area contributed by atoms with Crippen molar-refractivity contribution in [2.45, 2.75) is 45.2 Å². The van der Waals surface area contributed by atoms with Crippen molar-refractivity contribution in [3.05, 3.63) is 45.3 Å². The summed E-state index contributed by atoms with van der Waals surface area (Å²) >= 11 is 7.24. The van der Waals surface area contributed by atoms with E-state index < -0.39 is 11.9 Å². The molecule has 0 radical (unpaired) electrons. The van der Waals surface area contributed by atoms with E-state index in [-0.39, 0.29) is 11.1 Å². The van der Waals surface area contributed by atoms with Crippen molar-refractivity contribution in [1.82, 2.24) is 5.32 Å². The van der Waals surface area contributed by atoms with E-state index in [9.17, 15) is 9.59 Å². The molecule has 0 spiro atoms. The average molecular weight is 407 g/mol. The molecule has 0 saturated carbocycles. The number of benzene rings is 1. The smallest absolute Gasteiger partial charge is 0.324 e. The normalized spacial score (nSPS) is 17.1. The van der Waals surface area contributed by atoms with Crippen LogP contribution >= 0.6 is 22.9 Å². The predicted molar refractivity (Wildman–Crippen MR) is 111 cm³/mol. The molecule has 144 valence electrons. The van der Waals surface area contributed by atoms with Crippen LogP contribution in [0.2, 0.25) is 5.02 Å². The molecule has 2 heterocycles. The lowest BCUT2D eigenvalue weighted by Crippen LogP contribution is -2.55. The van der Waals surface area contributed by atoms with E-state index in [1.807, 2.05) is 0 Å². The summed E-state index contributed by atoms with van der Waals surface area (Å²) in [5.41, 5.74) is 7.04. The van der Waals surface area contributed by atoms with Crippen molar-refractivity contribution in [3.63, 3.8) is 0 Å². The lowest BCUT2D eigenvalue weighted by Gasteiger charge is -2.42. The van der Waals surface area contributed by atoms with E-state index >= 15 is 0 Å². The largest absolute Gasteiger partial charge is 0.365 e. The summed E-state index contributed by atoms with van der Waals surface area (Å²) in [6.07, 6.45) is 0.654. The first-order valence-electron chi connectivity index (χ1n) is 8.57. The molecule has 0 fully saturated rings. The minimum atomic E-state index is -0.539. The van der Waals surface area contributed by atoms with Crippen LogP contribution in [0.3, 0.4) is 0 Å². The van der Waals surface area contributed by atoms with E-state index in [1.54, 1.807) is 24.3 Å². The zero-order valence-electron chi connectivity index (χ0n) is 15.7. The first-order valence-corrected chi connectivity index (χ1v) is 9.77. The highest BCUT2D eigenvalue weighted by molar-refractivity contribution is 7.17. The Balaban J connectivity index is 1.92. The number of hydrogen-bond donors (Lipinski definition) is 4. The standard InChI is InChI=1S/C19H23ClN4O2S/c1-18(2)9-12-13(15(21)25)16(27-14(12)19(3,4)24-18)23-17(26)22-11-7-5-10(20)6-8-11/h5-8,24H,9H2,1-4H3,(H2,21,25)(H2,22,23,26). The van der Waals surface area contributed by atoms with Crippen LogP contribution in [-0.4, -0.2) is 17.5 Å². The second-order valence-electron chi connectivity index (χ2n) is 7.87. The van der Waals surface area contributed by atoms with Crippen molar-refractivity contribution >= 4 is 45.6 Å². The van der Waals surface area contributed by atoms with Crippen LogP contribution in [0, 0.1) is 0 Å². The molecule has 0 bridgehead atoms. The number of thiophene rings is 1. The van der Waals surface area contributed by atoms with Crippen LogP contribution in [0.4, 0.5) is 15.5 Å². The van der Waals surface area contributed by atoms with Crippen molar-refractivity contribution in [2.24, 2.45) is 5.73 Å². The van der Waals surface area contributed by atoms with Gasteiger partial charge in [0.1, 0.15) is 5.00 Å². The number of carbonyl (C=O) groups excluding carboxylic acids is 2. The summed E-state index contributed by atoms with van der Waals surface area (Å²) in [6.45, 7) is 8.29. The van der Waals surface area contributed by atoms with Gasteiger partial charge in [-0.3, -0.25) is 10.1 Å². The zero-order valence-corrected chi connectivity index (χ0v) is 17.3. The zero-order chi connectivity index (χ0) is 20.0. The summed E-state index contributed by atoms with van der Waals surface area (Å²) < 4.78 is 0. The maximum absolute atomic E-state index is 12.4. The molecule has 5 N–H and O–H groups in total. The number of hydrogen-bond acceptors (Lipinski definition) is 4. The molecule has 0 saturated heterocycles. The van der Waals surface area contributed by atoms with Gasteiger partial charge in [0, 0.05) is 26.7 Å². The molecule has 1 aromatic carbocycles. The van der Waals surface area contributed by atoms with Crippen LogP contribution in [0.5, 0.6) is 0 Å². The number of nitrogens with two attached hydrogens (primary N) is 1. The third kappa shape index (κ3) is 4.10. The monoisotopic (exact) mass is 406 g/mol. The Morgan fingerprint density at radius 3 is 2.37 bits per heavy atom. The molecule has 3 rings (SSSR count). The Bertz CT molecular complexity index is 903. The Hall–Kier alpha value is -2.09. The molecule has 0 unspecified atom stereocenters. The van der Waals surface area contributed by atoms with Crippen LogP contribution in [0.1, 0.15) is 48.5 Å². The number of rotatable bonds is 3. The molecule has 6 nitrogen and oxygen atoms in total. The van der Waals surface area contributed by atoms with Gasteiger partial charge < -0.3 is 16.4 Å². The highest BCUT2D eigenvalue weighted by Crippen LogP contribution is 2.44. The number of primary amides is 1. The van der Waals surface area contributed by atoms with Gasteiger partial charge in [-0.05, 0) is 63.9 Å². The van der Waals surface area contributed by atoms with Gasteiger partial charge in [0.15, 0.2) is 0 Å². The molecule has 27 heavy (non-hydrogen) atoms. The van der Waals surface area contributed by atoms with E-state index in [0.717, 1.165) is 10.4 Å². The van der Waals surface area contributed by atoms with E-state index in [2.05, 4.69) is 43.6 Å². The van der Waals surface area contributed by atoms with Crippen LogP contribution in [-0.2, 0) is 12.0 Å². The second kappa shape index (κ2) is 6.82. The minimum Gasteiger partial charge on any atom is -0.365 e. The topological polar surface area (TPSA) is 96.2 Å². The molecule has 1 aliphatic heterocycles. The van der Waals surface area contributed by atoms with Gasteiger partial charge in [-0.1, -0.05) is 11.6 Å². The van der Waals surface area contributed by atoms with Gasteiger partial charge in [0.2, 0.25) is 0 Å². The van der Waals surface area contributed by atoms with E-state index in [4.69, 9.17) is 17.3 Å². The van der Waals surface area contributed by atoms with Gasteiger partial charge in [0.25, 0.3) is 5.91 Å². The fourth-order valence-electron chi connectivity index (χ4n) is 3.67. The Morgan fingerprint density at radius 2 is 1.78 bits per heavy atom. The highest BCUT2D eigenvalue weighted by Gasteiger charge is 2.41. The van der Waals surface area contributed by atoms with Gasteiger partial charge in [-0.15, -0.1) is 11.3 Å². The fraction of sp³-hybridized carbons (Fsp3) is 0.368. The number of fused-ring (bicyclic) bond motifs is 1. The molecule has 8 heteroatoms. The average Bonchev–Trinajstić information content (AvgIpc) is 2.86. The SMILES string of the molecule is CC1(C)Cc2c(sc(NC(=O)Nc3ccc(Cl)cc3)c2C(N)=O)C(C)(C)N1. The molecule has 1 aliphatic rings. The number of anilines is 2. The first kappa shape index (κ1) is 19.7. The van der Waals surface area contributed by atoms with Gasteiger partial charge >= 0.3 is 6.03 Å². The van der Waals surface area contributed by atoms with E-state index in [1.165, 1.54) is 11.3 Å². The van der Waals surface area contributed by atoms with Crippen LogP contribution < -0.4 is 21.7 Å². The Kier molecular flexibility index (Phi) is 4.96. The van der Waals surface area contributed by atoms with Gasteiger partial charge in [-0.2, -0.15) is 0 Å². The fourth-order valence-corrected chi connectivity index (χ4v) is 5.08. The lowest BCUT2D eigenvalue weighted by molar-refractivity contribution is 0.0999. The Morgan fingerprint density at radius 1 is 1.15 bits per heavy atom. The molecule has 2 aromatic rings. The van der Waals surface area contributed by atoms with Crippen LogP contribution in [0.15, 0.2) is 24.3 Å². The third-order valence-corrected chi connectivity index (χ3v) is 6.14. The van der Waals surface area contributed by atoms with Crippen molar-refractivity contribution in [3.8, 4) is 0 Å². The molecular formula is C19H23ClN4O2S. The summed E-state index contributed by atoms with van der Waals surface area (Å²) in [5, 5.41) is 10.1. The molecule has 3 amide bonds. The maximum atomic E-state index is 12.4. The predicted octanol–water partition coefficient (Wildman–Crippen LogP) is 4.30. The van der Waals surface area contributed by atoms with Gasteiger partial charge in [-0.25, -0.2) is 4.79 Å². The van der Waals surface area contributed by atoms with Crippen molar-refractivity contribution in [1.29, 1.82) is 0 Å². The minimum absolute atomic E-state index is 0.190. The Labute approximate surface area is 167 Å². The molecule has 0 aliphatic carbocycles. The number of nitrogens with one attached hydrogen (secondary N) is 3. The second-order valence-corrected chi connectivity index (χ2v) is 9.33. The summed E-state index contributed by atoms with van der Waals surface area (Å²) in [5.74, 6) is -0.539. The molecular weight excluding hydrogens is 384 g/mol. The number of urea groups is 1. The number of halogens is 1. The molecule has 1 aromatic heterocycles. The van der Waals surface area contributed by atoms with Crippen molar-refractivity contribution in [2.75, 3.05) is 10.6 Å². The number of carbonyl (C=O) groups is 2. The maximum Gasteiger partial charge on any atom is 0.324 e. The van der Waals surface area contributed by atoms with Gasteiger partial charge in [0.05, 0.1) is 5.56 Å². The third-order valence-electron chi connectivity index (χ3n) is 4.42. The lowest BCUT2D eigenvalue weighted by atomic mass is 9.81.